The molecule has 0 saturated carbocycles. The highest BCUT2D eigenvalue weighted by molar-refractivity contribution is 7.89. The smallest absolute Gasteiger partial charge is 0.243 e. The standard InChI is InChI=1S/C17H21NO3S/c1-4-18(13-15-8-6-5-7-14(15)2)22(19,20)17-11-9-16(21-3)10-12-17/h5-12H,4,13H2,1-3H3. The normalized spacial score (nSPS) is 11.6. The Balaban J connectivity index is 2.30. The van der Waals surface area contributed by atoms with E-state index in [1.807, 2.05) is 38.1 Å². The summed E-state index contributed by atoms with van der Waals surface area (Å²) in [7, 11) is -1.96. The molecule has 0 aromatic heterocycles. The molecule has 0 spiro atoms. The Hall–Kier alpha value is -1.85. The van der Waals surface area contributed by atoms with Crippen LogP contribution in [-0.2, 0) is 16.6 Å². The summed E-state index contributed by atoms with van der Waals surface area (Å²) in [6.45, 7) is 4.63. The molecule has 2 aromatic rings. The van der Waals surface area contributed by atoms with Crippen LogP contribution in [-0.4, -0.2) is 26.4 Å². The second-order valence-corrected chi connectivity index (χ2v) is 6.97. The van der Waals surface area contributed by atoms with Crippen molar-refractivity contribution in [1.82, 2.24) is 4.31 Å². The topological polar surface area (TPSA) is 46.6 Å². The second-order valence-electron chi connectivity index (χ2n) is 5.03. The summed E-state index contributed by atoms with van der Waals surface area (Å²) in [4.78, 5) is 0.281. The van der Waals surface area contributed by atoms with Crippen LogP contribution in [0.1, 0.15) is 18.1 Å². The van der Waals surface area contributed by atoms with E-state index in [4.69, 9.17) is 4.74 Å². The van der Waals surface area contributed by atoms with Gasteiger partial charge in [-0.2, -0.15) is 4.31 Å². The predicted octanol–water partition coefficient (Wildman–Crippen LogP) is 3.21. The lowest BCUT2D eigenvalue weighted by atomic mass is 10.1. The van der Waals surface area contributed by atoms with E-state index in [0.717, 1.165) is 11.1 Å². The fourth-order valence-electron chi connectivity index (χ4n) is 2.24. The van der Waals surface area contributed by atoms with Crippen molar-refractivity contribution >= 4 is 10.0 Å². The molecule has 0 aliphatic rings. The van der Waals surface area contributed by atoms with Gasteiger partial charge in [0.2, 0.25) is 10.0 Å². The first-order chi connectivity index (χ1) is 10.5. The summed E-state index contributed by atoms with van der Waals surface area (Å²) in [5, 5.41) is 0. The molecule has 0 aliphatic carbocycles. The SMILES string of the molecule is CCN(Cc1ccccc1C)S(=O)(=O)c1ccc(OC)cc1. The van der Waals surface area contributed by atoms with Crippen molar-refractivity contribution in [2.45, 2.75) is 25.3 Å². The van der Waals surface area contributed by atoms with Gasteiger partial charge in [-0.1, -0.05) is 31.2 Å². The van der Waals surface area contributed by atoms with Crippen molar-refractivity contribution in [2.75, 3.05) is 13.7 Å². The van der Waals surface area contributed by atoms with Crippen LogP contribution in [0.4, 0.5) is 0 Å². The average Bonchev–Trinajstić information content (AvgIpc) is 2.54. The van der Waals surface area contributed by atoms with Crippen LogP contribution >= 0.6 is 0 Å². The Labute approximate surface area is 132 Å². The minimum atomic E-state index is -3.51. The summed E-state index contributed by atoms with van der Waals surface area (Å²) in [5.41, 5.74) is 2.10. The lowest BCUT2D eigenvalue weighted by Gasteiger charge is -2.21. The van der Waals surface area contributed by atoms with Crippen LogP contribution in [0.25, 0.3) is 0 Å². The average molecular weight is 319 g/mol. The zero-order valence-corrected chi connectivity index (χ0v) is 13.9. The number of methoxy groups -OCH3 is 1. The van der Waals surface area contributed by atoms with Crippen LogP contribution in [0.15, 0.2) is 53.4 Å². The summed E-state index contributed by atoms with van der Waals surface area (Å²) < 4.78 is 32.1. The molecular formula is C17H21NO3S. The molecular weight excluding hydrogens is 298 g/mol. The van der Waals surface area contributed by atoms with Crippen molar-refractivity contribution < 1.29 is 13.2 Å². The molecule has 0 amide bonds. The second kappa shape index (κ2) is 6.94. The molecule has 0 fully saturated rings. The van der Waals surface area contributed by atoms with E-state index in [9.17, 15) is 8.42 Å². The zero-order chi connectivity index (χ0) is 16.2. The van der Waals surface area contributed by atoms with Crippen LogP contribution < -0.4 is 4.74 Å². The molecule has 2 aromatic carbocycles. The van der Waals surface area contributed by atoms with Gasteiger partial charge in [0.1, 0.15) is 5.75 Å². The van der Waals surface area contributed by atoms with E-state index in [1.165, 1.54) is 4.31 Å². The van der Waals surface area contributed by atoms with Crippen LogP contribution in [0.2, 0.25) is 0 Å². The molecule has 0 aliphatic heterocycles. The van der Waals surface area contributed by atoms with Crippen molar-refractivity contribution in [3.05, 3.63) is 59.7 Å². The lowest BCUT2D eigenvalue weighted by Crippen LogP contribution is -2.30. The van der Waals surface area contributed by atoms with Gasteiger partial charge in [0.25, 0.3) is 0 Å². The van der Waals surface area contributed by atoms with E-state index >= 15 is 0 Å². The highest BCUT2D eigenvalue weighted by Gasteiger charge is 2.23. The molecule has 22 heavy (non-hydrogen) atoms. The maximum Gasteiger partial charge on any atom is 0.243 e. The number of hydrogen-bond donors (Lipinski definition) is 0. The number of nitrogens with zero attached hydrogens (tertiary/aromatic N) is 1. The highest BCUT2D eigenvalue weighted by Crippen LogP contribution is 2.21. The Bertz CT molecular complexity index is 724. The quantitative estimate of drug-likeness (QED) is 0.821. The minimum Gasteiger partial charge on any atom is -0.497 e. The number of benzene rings is 2. The number of rotatable bonds is 6. The first kappa shape index (κ1) is 16.5. The van der Waals surface area contributed by atoms with Gasteiger partial charge < -0.3 is 4.74 Å². The molecule has 0 saturated heterocycles. The first-order valence-electron chi connectivity index (χ1n) is 7.17. The number of hydrogen-bond acceptors (Lipinski definition) is 3. The molecule has 0 bridgehead atoms. The van der Waals surface area contributed by atoms with Crippen molar-refractivity contribution in [3.8, 4) is 5.75 Å². The van der Waals surface area contributed by atoms with Crippen LogP contribution in [0, 0.1) is 6.92 Å². The third-order valence-corrected chi connectivity index (χ3v) is 5.59. The van der Waals surface area contributed by atoms with Crippen molar-refractivity contribution in [3.63, 3.8) is 0 Å². The maximum absolute atomic E-state index is 12.8. The first-order valence-corrected chi connectivity index (χ1v) is 8.61. The number of ether oxygens (including phenoxy) is 1. The Morgan fingerprint density at radius 2 is 1.68 bits per heavy atom. The van der Waals surface area contributed by atoms with Gasteiger partial charge in [-0.15, -0.1) is 0 Å². The number of sulfonamides is 1. The molecule has 0 N–H and O–H groups in total. The zero-order valence-electron chi connectivity index (χ0n) is 13.1. The number of aryl methyl sites for hydroxylation is 1. The molecule has 4 nitrogen and oxygen atoms in total. The van der Waals surface area contributed by atoms with E-state index < -0.39 is 10.0 Å². The van der Waals surface area contributed by atoms with Gasteiger partial charge in [0, 0.05) is 13.1 Å². The highest BCUT2D eigenvalue weighted by atomic mass is 32.2. The van der Waals surface area contributed by atoms with Crippen molar-refractivity contribution in [2.24, 2.45) is 0 Å². The van der Waals surface area contributed by atoms with Gasteiger partial charge in [-0.3, -0.25) is 0 Å². The molecule has 2 rings (SSSR count). The molecule has 0 radical (unpaired) electrons. The molecule has 0 heterocycles. The Morgan fingerprint density at radius 3 is 2.23 bits per heavy atom. The van der Waals surface area contributed by atoms with Gasteiger partial charge >= 0.3 is 0 Å². The Kier molecular flexibility index (Phi) is 5.21. The summed E-state index contributed by atoms with van der Waals surface area (Å²) in [5.74, 6) is 0.640. The molecule has 118 valence electrons. The van der Waals surface area contributed by atoms with Gasteiger partial charge in [0.15, 0.2) is 0 Å². The Morgan fingerprint density at radius 1 is 1.05 bits per heavy atom. The predicted molar refractivity (Wildman–Crippen MR) is 87.4 cm³/mol. The summed E-state index contributed by atoms with van der Waals surface area (Å²) >= 11 is 0. The maximum atomic E-state index is 12.8. The summed E-state index contributed by atoms with van der Waals surface area (Å²) in [6, 6.07) is 14.3. The minimum absolute atomic E-state index is 0.281. The summed E-state index contributed by atoms with van der Waals surface area (Å²) in [6.07, 6.45) is 0. The van der Waals surface area contributed by atoms with Gasteiger partial charge in [-0.05, 0) is 42.3 Å². The third-order valence-electron chi connectivity index (χ3n) is 3.66. The van der Waals surface area contributed by atoms with E-state index in [0.29, 0.717) is 18.8 Å². The van der Waals surface area contributed by atoms with Crippen LogP contribution in [0.3, 0.4) is 0 Å². The monoisotopic (exact) mass is 319 g/mol. The van der Waals surface area contributed by atoms with Crippen molar-refractivity contribution in [1.29, 1.82) is 0 Å². The molecule has 0 unspecified atom stereocenters. The fourth-order valence-corrected chi connectivity index (χ4v) is 3.67. The van der Waals surface area contributed by atoms with Gasteiger partial charge in [0.05, 0.1) is 12.0 Å². The largest absolute Gasteiger partial charge is 0.497 e. The van der Waals surface area contributed by atoms with Crippen LogP contribution in [0.5, 0.6) is 5.75 Å². The van der Waals surface area contributed by atoms with E-state index in [1.54, 1.807) is 31.4 Å². The van der Waals surface area contributed by atoms with Gasteiger partial charge in [-0.25, -0.2) is 8.42 Å². The molecule has 5 heteroatoms. The third kappa shape index (κ3) is 3.48. The fraction of sp³-hybridized carbons (Fsp3) is 0.294. The lowest BCUT2D eigenvalue weighted by molar-refractivity contribution is 0.413. The van der Waals surface area contributed by atoms with E-state index in [-0.39, 0.29) is 4.90 Å². The van der Waals surface area contributed by atoms with E-state index in [2.05, 4.69) is 0 Å². The molecule has 0 atom stereocenters.